The fraction of sp³-hybridized carbons (Fsp3) is 0.130. The molecule has 2 N–H and O–H groups in total. The Morgan fingerprint density at radius 2 is 1.80 bits per heavy atom. The Morgan fingerprint density at radius 1 is 1.00 bits per heavy atom. The standard InChI is InChI=1S/C23H22N2O5/c1-28-18-9-5-10-19(15-18)30-14-12-24-23(27)21(16-20-11-6-13-29-20)25-22(26)17-7-3-2-4-8-17/h2-11,13,15-16H,12,14H2,1H3,(H,24,27)(H,25,26). The van der Waals surface area contributed by atoms with Gasteiger partial charge in [0.05, 0.1) is 19.9 Å². The topological polar surface area (TPSA) is 89.8 Å². The maximum absolute atomic E-state index is 12.6. The normalized spacial score (nSPS) is 10.9. The SMILES string of the molecule is COc1cccc(OCCNC(=O)C(=Cc2ccco2)NC(=O)c2ccccc2)c1. The molecule has 7 heteroatoms. The van der Waals surface area contributed by atoms with E-state index < -0.39 is 11.8 Å². The maximum atomic E-state index is 12.6. The molecule has 3 rings (SSSR count). The van der Waals surface area contributed by atoms with E-state index in [1.165, 1.54) is 12.3 Å². The minimum atomic E-state index is -0.454. The summed E-state index contributed by atoms with van der Waals surface area (Å²) < 4.78 is 16.0. The molecule has 0 bridgehead atoms. The molecular weight excluding hydrogens is 384 g/mol. The van der Waals surface area contributed by atoms with Crippen molar-refractivity contribution in [2.45, 2.75) is 0 Å². The highest BCUT2D eigenvalue weighted by molar-refractivity contribution is 6.05. The van der Waals surface area contributed by atoms with Crippen LogP contribution in [0.5, 0.6) is 11.5 Å². The lowest BCUT2D eigenvalue weighted by Crippen LogP contribution is -2.36. The summed E-state index contributed by atoms with van der Waals surface area (Å²) in [7, 11) is 1.58. The molecule has 0 saturated carbocycles. The van der Waals surface area contributed by atoms with Crippen molar-refractivity contribution in [1.82, 2.24) is 10.6 Å². The quantitative estimate of drug-likeness (QED) is 0.421. The average molecular weight is 406 g/mol. The van der Waals surface area contributed by atoms with Crippen molar-refractivity contribution in [1.29, 1.82) is 0 Å². The molecule has 7 nitrogen and oxygen atoms in total. The summed E-state index contributed by atoms with van der Waals surface area (Å²) in [6.45, 7) is 0.492. The Bertz CT molecular complexity index is 997. The number of amides is 2. The first-order valence-corrected chi connectivity index (χ1v) is 9.32. The molecule has 0 unspecified atom stereocenters. The summed E-state index contributed by atoms with van der Waals surface area (Å²) in [5, 5.41) is 5.37. The van der Waals surface area contributed by atoms with Crippen LogP contribution in [0.25, 0.3) is 6.08 Å². The Hall–Kier alpha value is -4.00. The van der Waals surface area contributed by atoms with Crippen LogP contribution >= 0.6 is 0 Å². The van der Waals surface area contributed by atoms with Crippen molar-refractivity contribution in [2.24, 2.45) is 0 Å². The minimum Gasteiger partial charge on any atom is -0.497 e. The molecule has 2 aromatic carbocycles. The van der Waals surface area contributed by atoms with Gasteiger partial charge in [-0.05, 0) is 36.4 Å². The predicted molar refractivity (Wildman–Crippen MR) is 112 cm³/mol. The molecule has 154 valence electrons. The van der Waals surface area contributed by atoms with E-state index in [9.17, 15) is 9.59 Å². The van der Waals surface area contributed by atoms with Crippen molar-refractivity contribution in [3.8, 4) is 11.5 Å². The first-order chi connectivity index (χ1) is 14.7. The summed E-state index contributed by atoms with van der Waals surface area (Å²) in [4.78, 5) is 25.1. The fourth-order valence-corrected chi connectivity index (χ4v) is 2.58. The highest BCUT2D eigenvalue weighted by atomic mass is 16.5. The third kappa shape index (κ3) is 6.00. The first-order valence-electron chi connectivity index (χ1n) is 9.32. The first kappa shape index (κ1) is 20.7. The van der Waals surface area contributed by atoms with Crippen molar-refractivity contribution in [3.63, 3.8) is 0 Å². The third-order valence-corrected chi connectivity index (χ3v) is 4.06. The van der Waals surface area contributed by atoms with Crippen molar-refractivity contribution in [2.75, 3.05) is 20.3 Å². The number of hydrogen-bond acceptors (Lipinski definition) is 5. The fourth-order valence-electron chi connectivity index (χ4n) is 2.58. The van der Waals surface area contributed by atoms with Gasteiger partial charge in [0.2, 0.25) is 0 Å². The van der Waals surface area contributed by atoms with Gasteiger partial charge < -0.3 is 24.5 Å². The van der Waals surface area contributed by atoms with Gasteiger partial charge in [0.25, 0.3) is 11.8 Å². The second-order valence-corrected chi connectivity index (χ2v) is 6.18. The Kier molecular flexibility index (Phi) is 7.27. The van der Waals surface area contributed by atoms with Gasteiger partial charge in [-0.1, -0.05) is 24.3 Å². The van der Waals surface area contributed by atoms with Crippen molar-refractivity contribution >= 4 is 17.9 Å². The van der Waals surface area contributed by atoms with E-state index in [4.69, 9.17) is 13.9 Å². The number of hydrogen-bond donors (Lipinski definition) is 2. The Morgan fingerprint density at radius 3 is 2.53 bits per heavy atom. The van der Waals surface area contributed by atoms with Gasteiger partial charge in [0.1, 0.15) is 29.6 Å². The van der Waals surface area contributed by atoms with Crippen LogP contribution in [0.4, 0.5) is 0 Å². The van der Waals surface area contributed by atoms with Gasteiger partial charge in [-0.3, -0.25) is 9.59 Å². The Labute approximate surface area is 174 Å². The van der Waals surface area contributed by atoms with Crippen LogP contribution in [0.1, 0.15) is 16.1 Å². The Balaban J connectivity index is 1.60. The van der Waals surface area contributed by atoms with Gasteiger partial charge in [0.15, 0.2) is 0 Å². The lowest BCUT2D eigenvalue weighted by Gasteiger charge is -2.12. The summed E-state index contributed by atoms with van der Waals surface area (Å²) in [5.41, 5.74) is 0.511. The second-order valence-electron chi connectivity index (χ2n) is 6.18. The van der Waals surface area contributed by atoms with Gasteiger partial charge >= 0.3 is 0 Å². The predicted octanol–water partition coefficient (Wildman–Crippen LogP) is 3.25. The van der Waals surface area contributed by atoms with Crippen molar-refractivity contribution < 1.29 is 23.5 Å². The lowest BCUT2D eigenvalue weighted by atomic mass is 10.2. The molecule has 0 radical (unpaired) electrons. The second kappa shape index (κ2) is 10.5. The number of nitrogens with one attached hydrogen (secondary N) is 2. The van der Waals surface area contributed by atoms with E-state index >= 15 is 0 Å². The molecular formula is C23H22N2O5. The number of rotatable bonds is 9. The number of benzene rings is 2. The lowest BCUT2D eigenvalue weighted by molar-refractivity contribution is -0.117. The number of furan rings is 1. The minimum absolute atomic E-state index is 0.0696. The molecule has 0 aliphatic carbocycles. The summed E-state index contributed by atoms with van der Waals surface area (Å²) in [6, 6.07) is 19.2. The average Bonchev–Trinajstić information content (AvgIpc) is 3.30. The summed E-state index contributed by atoms with van der Waals surface area (Å²) >= 11 is 0. The van der Waals surface area contributed by atoms with E-state index in [-0.39, 0.29) is 18.8 Å². The largest absolute Gasteiger partial charge is 0.497 e. The van der Waals surface area contributed by atoms with Crippen LogP contribution in [-0.2, 0) is 4.79 Å². The van der Waals surface area contributed by atoms with Crippen LogP contribution in [-0.4, -0.2) is 32.1 Å². The van der Waals surface area contributed by atoms with E-state index in [1.54, 1.807) is 55.6 Å². The molecule has 0 saturated heterocycles. The van der Waals surface area contributed by atoms with Crippen LogP contribution in [0.3, 0.4) is 0 Å². The van der Waals surface area contributed by atoms with Crippen LogP contribution in [0.15, 0.2) is 83.1 Å². The maximum Gasteiger partial charge on any atom is 0.268 e. The van der Waals surface area contributed by atoms with E-state index in [1.807, 2.05) is 18.2 Å². The zero-order valence-electron chi connectivity index (χ0n) is 16.5. The van der Waals surface area contributed by atoms with Gasteiger partial charge in [-0.15, -0.1) is 0 Å². The number of methoxy groups -OCH3 is 1. The van der Waals surface area contributed by atoms with Crippen LogP contribution < -0.4 is 20.1 Å². The molecule has 0 aliphatic heterocycles. The molecule has 1 aromatic heterocycles. The number of carbonyl (C=O) groups is 2. The summed E-state index contributed by atoms with van der Waals surface area (Å²) in [5.74, 6) is 0.915. The highest BCUT2D eigenvalue weighted by Crippen LogP contribution is 2.18. The highest BCUT2D eigenvalue weighted by Gasteiger charge is 2.15. The molecule has 0 spiro atoms. The molecule has 3 aromatic rings. The molecule has 0 aliphatic rings. The molecule has 0 atom stereocenters. The van der Waals surface area contributed by atoms with Crippen LogP contribution in [0.2, 0.25) is 0 Å². The van der Waals surface area contributed by atoms with Gasteiger partial charge in [-0.2, -0.15) is 0 Å². The van der Waals surface area contributed by atoms with E-state index in [0.29, 0.717) is 22.8 Å². The van der Waals surface area contributed by atoms with E-state index in [0.717, 1.165) is 0 Å². The third-order valence-electron chi connectivity index (χ3n) is 4.06. The summed E-state index contributed by atoms with van der Waals surface area (Å²) in [6.07, 6.45) is 2.96. The smallest absolute Gasteiger partial charge is 0.268 e. The van der Waals surface area contributed by atoms with Gasteiger partial charge in [0, 0.05) is 17.7 Å². The number of ether oxygens (including phenoxy) is 2. The molecule has 0 fully saturated rings. The van der Waals surface area contributed by atoms with Crippen LogP contribution in [0, 0.1) is 0 Å². The molecule has 1 heterocycles. The van der Waals surface area contributed by atoms with Crippen molar-refractivity contribution in [3.05, 3.63) is 90.0 Å². The van der Waals surface area contributed by atoms with E-state index in [2.05, 4.69) is 10.6 Å². The molecule has 2 amide bonds. The van der Waals surface area contributed by atoms with Gasteiger partial charge in [-0.25, -0.2) is 0 Å². The zero-order chi connectivity index (χ0) is 21.2. The molecule has 30 heavy (non-hydrogen) atoms. The number of carbonyl (C=O) groups excluding carboxylic acids is 2. The zero-order valence-corrected chi connectivity index (χ0v) is 16.5. The monoisotopic (exact) mass is 406 g/mol.